The number of benzene rings is 2. The molecule has 0 aliphatic heterocycles. The van der Waals surface area contributed by atoms with Crippen LogP contribution in [0.15, 0.2) is 42.5 Å². The molecule has 0 spiro atoms. The van der Waals surface area contributed by atoms with E-state index >= 15 is 0 Å². The fourth-order valence-electron chi connectivity index (χ4n) is 3.15. The monoisotopic (exact) mass is 464 g/mol. The van der Waals surface area contributed by atoms with Crippen LogP contribution in [-0.2, 0) is 21.4 Å². The second kappa shape index (κ2) is 11.6. The number of rotatable bonds is 12. The Morgan fingerprint density at radius 2 is 1.72 bits per heavy atom. The molecule has 0 radical (unpaired) electrons. The van der Waals surface area contributed by atoms with Gasteiger partial charge in [0.1, 0.15) is 5.75 Å². The van der Waals surface area contributed by atoms with Crippen molar-refractivity contribution in [1.29, 1.82) is 0 Å². The average molecular weight is 465 g/mol. The molecule has 176 valence electrons. The first-order chi connectivity index (χ1) is 15.2. The first-order valence-electron chi connectivity index (χ1n) is 10.4. The third-order valence-corrected chi connectivity index (χ3v) is 5.78. The Labute approximate surface area is 190 Å². The zero-order valence-electron chi connectivity index (χ0n) is 19.3. The standard InChI is InChI=1S/C23H32N2O6S/c1-17(2)31-21-13-12-18(15-22(21)30-4)16-24-23(26)11-8-14-25(32(5,27)28)19-9-6-7-10-20(19)29-3/h6-7,9-10,12-13,15,17H,8,11,14,16H2,1-5H3,(H,24,26). The number of carbonyl (C=O) groups is 1. The van der Waals surface area contributed by atoms with Crippen LogP contribution in [0.4, 0.5) is 5.69 Å². The lowest BCUT2D eigenvalue weighted by atomic mass is 10.2. The van der Waals surface area contributed by atoms with Crippen LogP contribution in [0.25, 0.3) is 0 Å². The van der Waals surface area contributed by atoms with E-state index in [1.165, 1.54) is 11.4 Å². The fourth-order valence-corrected chi connectivity index (χ4v) is 4.12. The fraction of sp³-hybridized carbons (Fsp3) is 0.435. The highest BCUT2D eigenvalue weighted by Gasteiger charge is 2.20. The largest absolute Gasteiger partial charge is 0.495 e. The van der Waals surface area contributed by atoms with Gasteiger partial charge in [0, 0.05) is 19.5 Å². The van der Waals surface area contributed by atoms with Gasteiger partial charge in [-0.1, -0.05) is 18.2 Å². The van der Waals surface area contributed by atoms with Crippen molar-refractivity contribution < 1.29 is 27.4 Å². The van der Waals surface area contributed by atoms with Crippen LogP contribution in [0, 0.1) is 0 Å². The van der Waals surface area contributed by atoms with Gasteiger partial charge >= 0.3 is 0 Å². The maximum atomic E-state index is 12.3. The van der Waals surface area contributed by atoms with Crippen LogP contribution in [0.3, 0.4) is 0 Å². The molecular weight excluding hydrogens is 432 g/mol. The first kappa shape index (κ1) is 25.3. The highest BCUT2D eigenvalue weighted by atomic mass is 32.2. The number of nitrogens with zero attached hydrogens (tertiary/aromatic N) is 1. The Morgan fingerprint density at radius 1 is 1.03 bits per heavy atom. The smallest absolute Gasteiger partial charge is 0.232 e. The molecule has 0 heterocycles. The second-order valence-electron chi connectivity index (χ2n) is 7.54. The number of sulfonamides is 1. The van der Waals surface area contributed by atoms with E-state index in [2.05, 4.69) is 5.32 Å². The molecule has 8 nitrogen and oxygen atoms in total. The molecule has 0 aromatic heterocycles. The number of ether oxygens (including phenoxy) is 3. The summed E-state index contributed by atoms with van der Waals surface area (Å²) in [6, 6.07) is 12.4. The Hall–Kier alpha value is -2.94. The van der Waals surface area contributed by atoms with Gasteiger partial charge in [0.05, 0.1) is 32.3 Å². The van der Waals surface area contributed by atoms with Crippen LogP contribution < -0.4 is 23.8 Å². The van der Waals surface area contributed by atoms with Crippen molar-refractivity contribution in [2.75, 3.05) is 31.3 Å². The minimum atomic E-state index is -3.53. The summed E-state index contributed by atoms with van der Waals surface area (Å²) in [6.45, 7) is 4.37. The molecular formula is C23H32N2O6S. The molecule has 2 aromatic carbocycles. The summed E-state index contributed by atoms with van der Waals surface area (Å²) in [5.74, 6) is 1.54. The van der Waals surface area contributed by atoms with Gasteiger partial charge in [-0.05, 0) is 50.1 Å². The molecule has 0 bridgehead atoms. The molecule has 1 amide bonds. The summed E-state index contributed by atoms with van der Waals surface area (Å²) in [6.07, 6.45) is 1.71. The Morgan fingerprint density at radius 3 is 2.34 bits per heavy atom. The molecule has 0 saturated carbocycles. The van der Waals surface area contributed by atoms with E-state index in [1.807, 2.05) is 32.0 Å². The summed E-state index contributed by atoms with van der Waals surface area (Å²) >= 11 is 0. The van der Waals surface area contributed by atoms with Crippen molar-refractivity contribution in [1.82, 2.24) is 5.32 Å². The Balaban J connectivity index is 1.93. The zero-order chi connectivity index (χ0) is 23.7. The van der Waals surface area contributed by atoms with E-state index < -0.39 is 10.0 Å². The topological polar surface area (TPSA) is 94.2 Å². The van der Waals surface area contributed by atoms with E-state index in [9.17, 15) is 13.2 Å². The second-order valence-corrected chi connectivity index (χ2v) is 9.45. The quantitative estimate of drug-likeness (QED) is 0.518. The molecule has 0 atom stereocenters. The Kier molecular flexibility index (Phi) is 9.19. The number of hydrogen-bond donors (Lipinski definition) is 1. The summed E-state index contributed by atoms with van der Waals surface area (Å²) in [7, 11) is -0.470. The maximum absolute atomic E-state index is 12.3. The minimum Gasteiger partial charge on any atom is -0.495 e. The van der Waals surface area contributed by atoms with Gasteiger partial charge < -0.3 is 19.5 Å². The molecule has 0 aliphatic carbocycles. The van der Waals surface area contributed by atoms with Crippen LogP contribution in [0.2, 0.25) is 0 Å². The maximum Gasteiger partial charge on any atom is 0.232 e. The SMILES string of the molecule is COc1cc(CNC(=O)CCCN(c2ccccc2OC)S(C)(=O)=O)ccc1OC(C)C. The molecule has 2 rings (SSSR count). The van der Waals surface area contributed by atoms with Crippen molar-refractivity contribution in [3.8, 4) is 17.2 Å². The van der Waals surface area contributed by atoms with Gasteiger partial charge in [-0.25, -0.2) is 8.42 Å². The number of amides is 1. The molecule has 0 saturated heterocycles. The number of para-hydroxylation sites is 2. The summed E-state index contributed by atoms with van der Waals surface area (Å²) < 4.78 is 42.2. The van der Waals surface area contributed by atoms with Crippen molar-refractivity contribution in [2.45, 2.75) is 39.3 Å². The summed E-state index contributed by atoms with van der Waals surface area (Å²) in [5, 5.41) is 2.86. The van der Waals surface area contributed by atoms with Gasteiger partial charge in [-0.15, -0.1) is 0 Å². The van der Waals surface area contributed by atoms with Gasteiger partial charge in [-0.2, -0.15) is 0 Å². The predicted molar refractivity (Wildman–Crippen MR) is 125 cm³/mol. The van der Waals surface area contributed by atoms with E-state index in [1.54, 1.807) is 31.4 Å². The van der Waals surface area contributed by atoms with Crippen LogP contribution in [0.1, 0.15) is 32.3 Å². The number of carbonyl (C=O) groups excluding carboxylic acids is 1. The van der Waals surface area contributed by atoms with Crippen LogP contribution in [0.5, 0.6) is 17.2 Å². The summed E-state index contributed by atoms with van der Waals surface area (Å²) in [5.41, 5.74) is 1.33. The first-order valence-corrected chi connectivity index (χ1v) is 12.2. The molecule has 0 aliphatic rings. The number of methoxy groups -OCH3 is 2. The lowest BCUT2D eigenvalue weighted by molar-refractivity contribution is -0.121. The van der Waals surface area contributed by atoms with Gasteiger partial charge in [0.2, 0.25) is 15.9 Å². The lowest BCUT2D eigenvalue weighted by Crippen LogP contribution is -2.32. The van der Waals surface area contributed by atoms with E-state index in [-0.39, 0.29) is 25.0 Å². The van der Waals surface area contributed by atoms with E-state index in [4.69, 9.17) is 14.2 Å². The highest BCUT2D eigenvalue weighted by Crippen LogP contribution is 2.30. The number of hydrogen-bond acceptors (Lipinski definition) is 6. The minimum absolute atomic E-state index is 0.0248. The number of anilines is 1. The van der Waals surface area contributed by atoms with Crippen molar-refractivity contribution in [3.63, 3.8) is 0 Å². The average Bonchev–Trinajstić information content (AvgIpc) is 2.74. The van der Waals surface area contributed by atoms with E-state index in [0.29, 0.717) is 35.9 Å². The normalized spacial score (nSPS) is 11.2. The van der Waals surface area contributed by atoms with Crippen molar-refractivity contribution >= 4 is 21.6 Å². The predicted octanol–water partition coefficient (Wildman–Crippen LogP) is 3.35. The third kappa shape index (κ3) is 7.33. The molecule has 0 fully saturated rings. The lowest BCUT2D eigenvalue weighted by Gasteiger charge is -2.24. The molecule has 9 heteroatoms. The van der Waals surface area contributed by atoms with Crippen molar-refractivity contribution in [3.05, 3.63) is 48.0 Å². The molecule has 2 aromatic rings. The van der Waals surface area contributed by atoms with Gasteiger partial charge in [-0.3, -0.25) is 9.10 Å². The van der Waals surface area contributed by atoms with Crippen LogP contribution in [-0.4, -0.2) is 47.4 Å². The third-order valence-electron chi connectivity index (χ3n) is 4.60. The Bertz CT molecular complexity index is 1010. The zero-order valence-corrected chi connectivity index (χ0v) is 20.1. The highest BCUT2D eigenvalue weighted by molar-refractivity contribution is 7.92. The molecule has 0 unspecified atom stereocenters. The molecule has 1 N–H and O–H groups in total. The van der Waals surface area contributed by atoms with Gasteiger partial charge in [0.15, 0.2) is 11.5 Å². The van der Waals surface area contributed by atoms with Crippen LogP contribution >= 0.6 is 0 Å². The molecule has 32 heavy (non-hydrogen) atoms. The number of nitrogens with one attached hydrogen (secondary N) is 1. The van der Waals surface area contributed by atoms with E-state index in [0.717, 1.165) is 11.8 Å². The van der Waals surface area contributed by atoms with Crippen molar-refractivity contribution in [2.24, 2.45) is 0 Å². The van der Waals surface area contributed by atoms with Gasteiger partial charge in [0.25, 0.3) is 0 Å². The summed E-state index contributed by atoms with van der Waals surface area (Å²) in [4.78, 5) is 12.3.